The zero-order valence-electron chi connectivity index (χ0n) is 20.4. The van der Waals surface area contributed by atoms with Crippen molar-refractivity contribution < 1.29 is 18.7 Å². The zero-order chi connectivity index (χ0) is 24.6. The van der Waals surface area contributed by atoms with Gasteiger partial charge < -0.3 is 18.8 Å². The molecule has 0 aliphatic carbocycles. The summed E-state index contributed by atoms with van der Waals surface area (Å²) in [6, 6.07) is 25.1. The summed E-state index contributed by atoms with van der Waals surface area (Å²) in [6.45, 7) is 7.35. The molecule has 0 fully saturated rings. The van der Waals surface area contributed by atoms with E-state index < -0.39 is 0 Å². The SMILES string of the molecule is CCN(Cc1ccc(OCCc2nc(-c3ccccc3)oc2C)cc1)C(=O)Oc1ccc(C)cc1. The number of hydrogen-bond donors (Lipinski definition) is 0. The Hall–Kier alpha value is -4.06. The zero-order valence-corrected chi connectivity index (χ0v) is 20.4. The lowest BCUT2D eigenvalue weighted by molar-refractivity contribution is 0.152. The number of carbonyl (C=O) groups is 1. The Balaban J connectivity index is 1.28. The molecule has 0 atom stereocenters. The number of aryl methyl sites for hydroxylation is 2. The molecule has 6 heteroatoms. The highest BCUT2D eigenvalue weighted by molar-refractivity contribution is 5.70. The van der Waals surface area contributed by atoms with Gasteiger partial charge >= 0.3 is 6.09 Å². The smallest absolute Gasteiger partial charge is 0.415 e. The average Bonchev–Trinajstić information content (AvgIpc) is 3.25. The Morgan fingerprint density at radius 2 is 1.60 bits per heavy atom. The quantitative estimate of drug-likeness (QED) is 0.276. The van der Waals surface area contributed by atoms with E-state index in [1.807, 2.05) is 87.5 Å². The van der Waals surface area contributed by atoms with Crippen LogP contribution in [0.2, 0.25) is 0 Å². The van der Waals surface area contributed by atoms with Gasteiger partial charge in [-0.1, -0.05) is 48.0 Å². The van der Waals surface area contributed by atoms with Crippen LogP contribution in [0.25, 0.3) is 11.5 Å². The van der Waals surface area contributed by atoms with Crippen LogP contribution in [0.1, 0.15) is 29.5 Å². The Morgan fingerprint density at radius 3 is 2.29 bits per heavy atom. The van der Waals surface area contributed by atoms with Crippen LogP contribution in [-0.4, -0.2) is 29.1 Å². The molecule has 1 amide bonds. The molecule has 0 unspecified atom stereocenters. The average molecular weight is 471 g/mol. The molecule has 0 aliphatic heterocycles. The van der Waals surface area contributed by atoms with Crippen molar-refractivity contribution in [1.29, 1.82) is 0 Å². The molecular formula is C29H30N2O4. The van der Waals surface area contributed by atoms with E-state index in [9.17, 15) is 4.79 Å². The van der Waals surface area contributed by atoms with E-state index in [0.29, 0.717) is 37.8 Å². The first-order chi connectivity index (χ1) is 17.0. The van der Waals surface area contributed by atoms with Crippen LogP contribution in [0.4, 0.5) is 4.79 Å². The largest absolute Gasteiger partial charge is 0.493 e. The molecule has 4 aromatic rings. The van der Waals surface area contributed by atoms with Crippen molar-refractivity contribution in [2.24, 2.45) is 0 Å². The van der Waals surface area contributed by atoms with Gasteiger partial charge in [-0.3, -0.25) is 0 Å². The molecule has 1 heterocycles. The van der Waals surface area contributed by atoms with Crippen LogP contribution in [-0.2, 0) is 13.0 Å². The molecule has 4 rings (SSSR count). The summed E-state index contributed by atoms with van der Waals surface area (Å²) in [5, 5.41) is 0. The van der Waals surface area contributed by atoms with Gasteiger partial charge in [0.2, 0.25) is 5.89 Å². The molecule has 0 radical (unpaired) electrons. The summed E-state index contributed by atoms with van der Waals surface area (Å²) < 4.78 is 17.2. The van der Waals surface area contributed by atoms with Gasteiger partial charge in [0.15, 0.2) is 0 Å². The molecule has 0 saturated carbocycles. The minimum Gasteiger partial charge on any atom is -0.493 e. The van der Waals surface area contributed by atoms with Crippen LogP contribution >= 0.6 is 0 Å². The normalized spacial score (nSPS) is 10.7. The van der Waals surface area contributed by atoms with Crippen molar-refractivity contribution in [2.75, 3.05) is 13.2 Å². The number of amides is 1. The predicted molar refractivity (Wildman–Crippen MR) is 136 cm³/mol. The summed E-state index contributed by atoms with van der Waals surface area (Å²) in [5.41, 5.74) is 3.97. The number of benzene rings is 3. The molecule has 0 saturated heterocycles. The van der Waals surface area contributed by atoms with Gasteiger partial charge in [0.25, 0.3) is 0 Å². The highest BCUT2D eigenvalue weighted by Gasteiger charge is 2.15. The highest BCUT2D eigenvalue weighted by atomic mass is 16.6. The van der Waals surface area contributed by atoms with Crippen molar-refractivity contribution in [1.82, 2.24) is 9.88 Å². The molecule has 6 nitrogen and oxygen atoms in total. The number of nitrogens with zero attached hydrogens (tertiary/aromatic N) is 2. The van der Waals surface area contributed by atoms with Crippen LogP contribution in [0.5, 0.6) is 11.5 Å². The lowest BCUT2D eigenvalue weighted by Crippen LogP contribution is -2.32. The number of hydrogen-bond acceptors (Lipinski definition) is 5. The van der Waals surface area contributed by atoms with E-state index in [4.69, 9.17) is 13.9 Å². The fourth-order valence-corrected chi connectivity index (χ4v) is 3.62. The summed E-state index contributed by atoms with van der Waals surface area (Å²) in [4.78, 5) is 18.8. The summed E-state index contributed by atoms with van der Waals surface area (Å²) in [6.07, 6.45) is 0.285. The van der Waals surface area contributed by atoms with Gasteiger partial charge in [0.1, 0.15) is 17.3 Å². The van der Waals surface area contributed by atoms with Crippen molar-refractivity contribution in [3.63, 3.8) is 0 Å². The number of oxazole rings is 1. The van der Waals surface area contributed by atoms with Gasteiger partial charge in [0.05, 0.1) is 12.3 Å². The molecular weight excluding hydrogens is 440 g/mol. The number of aromatic nitrogens is 1. The number of carbonyl (C=O) groups excluding carboxylic acids is 1. The van der Waals surface area contributed by atoms with Gasteiger partial charge in [-0.05, 0) is 62.7 Å². The Labute approximate surface area is 206 Å². The molecule has 0 N–H and O–H groups in total. The first kappa shape index (κ1) is 24.1. The minimum atomic E-state index is -0.366. The second kappa shape index (κ2) is 11.4. The van der Waals surface area contributed by atoms with Crippen molar-refractivity contribution in [3.8, 4) is 23.0 Å². The Bertz CT molecular complexity index is 1230. The van der Waals surface area contributed by atoms with Crippen LogP contribution in [0.15, 0.2) is 83.3 Å². The molecule has 0 spiro atoms. The van der Waals surface area contributed by atoms with Gasteiger partial charge in [-0.25, -0.2) is 9.78 Å². The lowest BCUT2D eigenvalue weighted by Gasteiger charge is -2.20. The molecule has 1 aromatic heterocycles. The fraction of sp³-hybridized carbons (Fsp3) is 0.241. The molecule has 3 aromatic carbocycles. The minimum absolute atomic E-state index is 0.366. The van der Waals surface area contributed by atoms with Crippen molar-refractivity contribution >= 4 is 6.09 Å². The number of rotatable bonds is 9. The maximum Gasteiger partial charge on any atom is 0.415 e. The van der Waals surface area contributed by atoms with Gasteiger partial charge in [0, 0.05) is 25.1 Å². The number of ether oxygens (including phenoxy) is 2. The Morgan fingerprint density at radius 1 is 0.914 bits per heavy atom. The third-order valence-corrected chi connectivity index (χ3v) is 5.68. The summed E-state index contributed by atoms with van der Waals surface area (Å²) >= 11 is 0. The van der Waals surface area contributed by atoms with Crippen molar-refractivity contribution in [3.05, 3.63) is 101 Å². The van der Waals surface area contributed by atoms with Gasteiger partial charge in [-0.15, -0.1) is 0 Å². The maximum atomic E-state index is 12.6. The van der Waals surface area contributed by atoms with Crippen LogP contribution in [0.3, 0.4) is 0 Å². The molecule has 35 heavy (non-hydrogen) atoms. The van der Waals surface area contributed by atoms with Crippen LogP contribution < -0.4 is 9.47 Å². The predicted octanol–water partition coefficient (Wildman–Crippen LogP) is 6.60. The monoisotopic (exact) mass is 470 g/mol. The highest BCUT2D eigenvalue weighted by Crippen LogP contribution is 2.22. The van der Waals surface area contributed by atoms with E-state index >= 15 is 0 Å². The van der Waals surface area contributed by atoms with Gasteiger partial charge in [-0.2, -0.15) is 0 Å². The Kier molecular flexibility index (Phi) is 7.83. The first-order valence-electron chi connectivity index (χ1n) is 11.8. The molecule has 180 valence electrons. The van der Waals surface area contributed by atoms with E-state index in [1.54, 1.807) is 17.0 Å². The van der Waals surface area contributed by atoms with Crippen molar-refractivity contribution in [2.45, 2.75) is 33.7 Å². The third-order valence-electron chi connectivity index (χ3n) is 5.68. The second-order valence-electron chi connectivity index (χ2n) is 8.33. The maximum absolute atomic E-state index is 12.6. The van der Waals surface area contributed by atoms with E-state index in [1.165, 1.54) is 0 Å². The topological polar surface area (TPSA) is 64.8 Å². The standard InChI is InChI=1S/C29H30N2O4/c1-4-31(29(32)35-26-14-10-21(2)11-15-26)20-23-12-16-25(17-13-23)33-19-18-27-22(3)34-28(30-27)24-8-6-5-7-9-24/h5-17H,4,18-20H2,1-3H3. The van der Waals surface area contributed by atoms with E-state index in [0.717, 1.165) is 33.9 Å². The summed E-state index contributed by atoms with van der Waals surface area (Å²) in [5.74, 6) is 2.74. The summed E-state index contributed by atoms with van der Waals surface area (Å²) in [7, 11) is 0. The first-order valence-corrected chi connectivity index (χ1v) is 11.8. The van der Waals surface area contributed by atoms with E-state index in [2.05, 4.69) is 4.98 Å². The second-order valence-corrected chi connectivity index (χ2v) is 8.33. The fourth-order valence-electron chi connectivity index (χ4n) is 3.62. The molecule has 0 bridgehead atoms. The third kappa shape index (κ3) is 6.51. The van der Waals surface area contributed by atoms with Crippen LogP contribution in [0, 0.1) is 13.8 Å². The molecule has 0 aliphatic rings. The lowest BCUT2D eigenvalue weighted by atomic mass is 10.2. The van der Waals surface area contributed by atoms with E-state index in [-0.39, 0.29) is 6.09 Å².